The predicted octanol–water partition coefficient (Wildman–Crippen LogP) is 1.63. The maximum Gasteiger partial charge on any atom is 0.191 e. The van der Waals surface area contributed by atoms with E-state index in [-0.39, 0.29) is 17.5 Å². The Hall–Kier alpha value is -1.47. The molecule has 2 N–H and O–H groups in total. The average molecular weight is 374 g/mol. The highest BCUT2D eigenvalue weighted by molar-refractivity contribution is 7.91. The molecule has 0 amide bonds. The molecule has 0 aromatic heterocycles. The van der Waals surface area contributed by atoms with Crippen molar-refractivity contribution in [3.05, 3.63) is 28.8 Å². The molecule has 1 saturated heterocycles. The highest BCUT2D eigenvalue weighted by Crippen LogP contribution is 2.22. The SMILES string of the molecule is CCNC(=NCCc1ccc(OC)cc1Cl)NC1CCS(=O)(=O)C1. The van der Waals surface area contributed by atoms with Gasteiger partial charge in [-0.3, -0.25) is 4.99 Å². The zero-order valence-electron chi connectivity index (χ0n) is 14.0. The Kier molecular flexibility index (Phi) is 6.74. The number of nitrogens with zero attached hydrogens (tertiary/aromatic N) is 1. The summed E-state index contributed by atoms with van der Waals surface area (Å²) in [4.78, 5) is 4.51. The zero-order chi connectivity index (χ0) is 17.6. The molecule has 134 valence electrons. The van der Waals surface area contributed by atoms with Crippen molar-refractivity contribution >= 4 is 27.4 Å². The van der Waals surface area contributed by atoms with Crippen LogP contribution in [0.2, 0.25) is 5.02 Å². The molecule has 1 unspecified atom stereocenters. The van der Waals surface area contributed by atoms with Crippen LogP contribution in [0.3, 0.4) is 0 Å². The molecule has 0 saturated carbocycles. The van der Waals surface area contributed by atoms with Gasteiger partial charge in [0.2, 0.25) is 0 Å². The van der Waals surface area contributed by atoms with Gasteiger partial charge in [0, 0.05) is 24.2 Å². The Bertz CT molecular complexity index is 692. The van der Waals surface area contributed by atoms with E-state index in [0.717, 1.165) is 11.3 Å². The van der Waals surface area contributed by atoms with E-state index in [1.54, 1.807) is 13.2 Å². The lowest BCUT2D eigenvalue weighted by atomic mass is 10.1. The summed E-state index contributed by atoms with van der Waals surface area (Å²) in [6.45, 7) is 3.25. The van der Waals surface area contributed by atoms with Crippen molar-refractivity contribution in [1.29, 1.82) is 0 Å². The van der Waals surface area contributed by atoms with Gasteiger partial charge in [-0.15, -0.1) is 0 Å². The van der Waals surface area contributed by atoms with Crippen LogP contribution in [0, 0.1) is 0 Å². The molecular weight excluding hydrogens is 350 g/mol. The Morgan fingerprint density at radius 3 is 2.83 bits per heavy atom. The van der Waals surface area contributed by atoms with Gasteiger partial charge in [-0.25, -0.2) is 8.42 Å². The van der Waals surface area contributed by atoms with Crippen LogP contribution in [0.4, 0.5) is 0 Å². The Morgan fingerprint density at radius 2 is 2.25 bits per heavy atom. The molecule has 1 heterocycles. The minimum atomic E-state index is -2.91. The van der Waals surface area contributed by atoms with Crippen LogP contribution >= 0.6 is 11.6 Å². The number of ether oxygens (including phenoxy) is 1. The first-order valence-corrected chi connectivity index (χ1v) is 10.2. The fourth-order valence-electron chi connectivity index (χ4n) is 2.57. The number of benzene rings is 1. The molecule has 1 aliphatic rings. The van der Waals surface area contributed by atoms with Gasteiger partial charge in [-0.2, -0.15) is 0 Å². The molecular formula is C16H24ClN3O3S. The quantitative estimate of drug-likeness (QED) is 0.585. The summed E-state index contributed by atoms with van der Waals surface area (Å²) < 4.78 is 28.2. The third-order valence-electron chi connectivity index (χ3n) is 3.83. The van der Waals surface area contributed by atoms with Gasteiger partial charge >= 0.3 is 0 Å². The molecule has 1 aromatic rings. The third kappa shape index (κ3) is 5.56. The van der Waals surface area contributed by atoms with Crippen LogP contribution < -0.4 is 15.4 Å². The number of hydrogen-bond donors (Lipinski definition) is 2. The van der Waals surface area contributed by atoms with E-state index < -0.39 is 9.84 Å². The van der Waals surface area contributed by atoms with E-state index in [1.165, 1.54) is 0 Å². The Balaban J connectivity index is 1.93. The van der Waals surface area contributed by atoms with Gasteiger partial charge in [0.1, 0.15) is 5.75 Å². The summed E-state index contributed by atoms with van der Waals surface area (Å²) in [6.07, 6.45) is 1.32. The van der Waals surface area contributed by atoms with Gasteiger partial charge in [-0.05, 0) is 37.5 Å². The first kappa shape index (κ1) is 18.9. The van der Waals surface area contributed by atoms with Crippen LogP contribution in [0.1, 0.15) is 18.9 Å². The van der Waals surface area contributed by atoms with Crippen LogP contribution in [-0.4, -0.2) is 52.1 Å². The minimum Gasteiger partial charge on any atom is -0.497 e. The number of rotatable bonds is 6. The highest BCUT2D eigenvalue weighted by Gasteiger charge is 2.28. The van der Waals surface area contributed by atoms with Gasteiger partial charge in [0.15, 0.2) is 15.8 Å². The van der Waals surface area contributed by atoms with Crippen molar-refractivity contribution < 1.29 is 13.2 Å². The molecule has 2 rings (SSSR count). The molecule has 0 aliphatic carbocycles. The minimum absolute atomic E-state index is 0.0719. The molecule has 8 heteroatoms. The number of aliphatic imine (C=N–C) groups is 1. The predicted molar refractivity (Wildman–Crippen MR) is 97.9 cm³/mol. The van der Waals surface area contributed by atoms with Gasteiger partial charge in [-0.1, -0.05) is 17.7 Å². The number of hydrogen-bond acceptors (Lipinski definition) is 4. The van der Waals surface area contributed by atoms with E-state index in [9.17, 15) is 8.42 Å². The van der Waals surface area contributed by atoms with Gasteiger partial charge in [0.05, 0.1) is 18.6 Å². The summed E-state index contributed by atoms with van der Waals surface area (Å²) in [7, 11) is -1.30. The lowest BCUT2D eigenvalue weighted by Gasteiger charge is -2.15. The number of nitrogens with one attached hydrogen (secondary N) is 2. The first-order valence-electron chi connectivity index (χ1n) is 8.01. The molecule has 24 heavy (non-hydrogen) atoms. The standard InChI is InChI=1S/C16H24ClN3O3S/c1-3-18-16(20-13-7-9-24(21,22)11-13)19-8-6-12-4-5-14(23-2)10-15(12)17/h4-5,10,13H,3,6-9,11H2,1-2H3,(H2,18,19,20). The number of sulfone groups is 1. The normalized spacial score (nSPS) is 20.0. The summed E-state index contributed by atoms with van der Waals surface area (Å²) in [5, 5.41) is 7.00. The Morgan fingerprint density at radius 1 is 1.46 bits per heavy atom. The van der Waals surface area contributed by atoms with E-state index in [4.69, 9.17) is 16.3 Å². The first-order chi connectivity index (χ1) is 11.4. The molecule has 1 atom stereocenters. The van der Waals surface area contributed by atoms with Gasteiger partial charge in [0.25, 0.3) is 0 Å². The fourth-order valence-corrected chi connectivity index (χ4v) is 4.51. The second kappa shape index (κ2) is 8.58. The molecule has 6 nitrogen and oxygen atoms in total. The van der Waals surface area contributed by atoms with E-state index in [0.29, 0.717) is 36.9 Å². The van der Waals surface area contributed by atoms with Crippen LogP contribution in [-0.2, 0) is 16.3 Å². The lowest BCUT2D eigenvalue weighted by Crippen LogP contribution is -2.44. The number of guanidine groups is 1. The van der Waals surface area contributed by atoms with Gasteiger partial charge < -0.3 is 15.4 Å². The van der Waals surface area contributed by atoms with Crippen LogP contribution in [0.5, 0.6) is 5.75 Å². The van der Waals surface area contributed by atoms with E-state index >= 15 is 0 Å². The molecule has 1 aliphatic heterocycles. The van der Waals surface area contributed by atoms with Crippen molar-refractivity contribution in [1.82, 2.24) is 10.6 Å². The fraction of sp³-hybridized carbons (Fsp3) is 0.562. The van der Waals surface area contributed by atoms with Crippen molar-refractivity contribution in [3.8, 4) is 5.75 Å². The maximum atomic E-state index is 11.5. The second-order valence-electron chi connectivity index (χ2n) is 5.71. The summed E-state index contributed by atoms with van der Waals surface area (Å²) in [6, 6.07) is 5.52. The topological polar surface area (TPSA) is 79.8 Å². The Labute approximate surface area is 148 Å². The average Bonchev–Trinajstić information content (AvgIpc) is 2.87. The maximum absolute atomic E-state index is 11.5. The van der Waals surface area contributed by atoms with Crippen molar-refractivity contribution in [2.75, 3.05) is 31.7 Å². The largest absolute Gasteiger partial charge is 0.497 e. The third-order valence-corrected chi connectivity index (χ3v) is 5.95. The lowest BCUT2D eigenvalue weighted by molar-refractivity contribution is 0.414. The zero-order valence-corrected chi connectivity index (χ0v) is 15.6. The van der Waals surface area contributed by atoms with Crippen LogP contribution in [0.15, 0.2) is 23.2 Å². The van der Waals surface area contributed by atoms with Crippen molar-refractivity contribution in [2.24, 2.45) is 4.99 Å². The molecule has 0 radical (unpaired) electrons. The number of methoxy groups -OCH3 is 1. The monoisotopic (exact) mass is 373 g/mol. The smallest absolute Gasteiger partial charge is 0.191 e. The highest BCUT2D eigenvalue weighted by atomic mass is 35.5. The summed E-state index contributed by atoms with van der Waals surface area (Å²) in [5.74, 6) is 1.78. The van der Waals surface area contributed by atoms with Crippen molar-refractivity contribution in [3.63, 3.8) is 0 Å². The molecule has 0 bridgehead atoms. The molecule has 0 spiro atoms. The van der Waals surface area contributed by atoms with E-state index in [2.05, 4.69) is 15.6 Å². The van der Waals surface area contributed by atoms with E-state index in [1.807, 2.05) is 19.1 Å². The van der Waals surface area contributed by atoms with Crippen LogP contribution in [0.25, 0.3) is 0 Å². The second-order valence-corrected chi connectivity index (χ2v) is 8.35. The van der Waals surface area contributed by atoms with Crippen molar-refractivity contribution in [2.45, 2.75) is 25.8 Å². The molecule has 1 fully saturated rings. The summed E-state index contributed by atoms with van der Waals surface area (Å²) >= 11 is 6.23. The number of halogens is 1. The molecule has 1 aromatic carbocycles. The summed E-state index contributed by atoms with van der Waals surface area (Å²) in [5.41, 5.74) is 1.00.